The molecule has 0 radical (unpaired) electrons. The van der Waals surface area contributed by atoms with Crippen molar-refractivity contribution in [3.63, 3.8) is 0 Å². The molecular formula is C9H19N3O2. The van der Waals surface area contributed by atoms with Gasteiger partial charge in [-0.3, -0.25) is 14.5 Å². The summed E-state index contributed by atoms with van der Waals surface area (Å²) in [5.41, 5.74) is 5.14. The minimum absolute atomic E-state index is 0.0338. The molecule has 2 unspecified atom stereocenters. The Morgan fingerprint density at radius 3 is 2.29 bits per heavy atom. The quantitative estimate of drug-likeness (QED) is 0.610. The van der Waals surface area contributed by atoms with Crippen molar-refractivity contribution in [1.29, 1.82) is 0 Å². The van der Waals surface area contributed by atoms with Crippen LogP contribution in [0.15, 0.2) is 0 Å². The maximum atomic E-state index is 11.2. The Bertz CT molecular complexity index is 218. The number of carbonyl (C=O) groups is 2. The van der Waals surface area contributed by atoms with Gasteiger partial charge >= 0.3 is 0 Å². The van der Waals surface area contributed by atoms with E-state index in [4.69, 9.17) is 5.73 Å². The zero-order chi connectivity index (χ0) is 11.3. The van der Waals surface area contributed by atoms with Crippen molar-refractivity contribution >= 4 is 11.8 Å². The van der Waals surface area contributed by atoms with Gasteiger partial charge in [0, 0.05) is 19.5 Å². The summed E-state index contributed by atoms with van der Waals surface area (Å²) in [4.78, 5) is 23.8. The molecule has 0 bridgehead atoms. The molecule has 0 aliphatic carbocycles. The van der Waals surface area contributed by atoms with Gasteiger partial charge in [-0.05, 0) is 14.0 Å². The molecule has 0 rings (SSSR count). The first-order valence-electron chi connectivity index (χ1n) is 4.61. The SMILES string of the molecule is CNC(=O)C(C)CN(C)C(C)C(N)=O. The van der Waals surface area contributed by atoms with E-state index in [0.717, 1.165) is 0 Å². The average molecular weight is 201 g/mol. The van der Waals surface area contributed by atoms with Crippen LogP contribution in [0.2, 0.25) is 0 Å². The van der Waals surface area contributed by atoms with E-state index in [0.29, 0.717) is 6.54 Å². The van der Waals surface area contributed by atoms with Crippen molar-refractivity contribution < 1.29 is 9.59 Å². The number of primary amides is 1. The van der Waals surface area contributed by atoms with Gasteiger partial charge in [0.2, 0.25) is 11.8 Å². The Balaban J connectivity index is 4.11. The molecule has 0 saturated carbocycles. The Labute approximate surface area is 84.6 Å². The van der Waals surface area contributed by atoms with Crippen LogP contribution in [0.5, 0.6) is 0 Å². The number of nitrogens with zero attached hydrogens (tertiary/aromatic N) is 1. The lowest BCUT2D eigenvalue weighted by Gasteiger charge is -2.24. The van der Waals surface area contributed by atoms with E-state index >= 15 is 0 Å². The minimum Gasteiger partial charge on any atom is -0.368 e. The second kappa shape index (κ2) is 5.59. The first-order chi connectivity index (χ1) is 6.40. The number of likely N-dealkylation sites (N-methyl/N-ethyl adjacent to an activating group) is 1. The predicted molar refractivity (Wildman–Crippen MR) is 54.5 cm³/mol. The van der Waals surface area contributed by atoms with Gasteiger partial charge in [0.1, 0.15) is 0 Å². The van der Waals surface area contributed by atoms with Gasteiger partial charge in [-0.15, -0.1) is 0 Å². The number of carbonyl (C=O) groups excluding carboxylic acids is 2. The largest absolute Gasteiger partial charge is 0.368 e. The van der Waals surface area contributed by atoms with Gasteiger partial charge in [0.25, 0.3) is 0 Å². The zero-order valence-corrected chi connectivity index (χ0v) is 9.20. The van der Waals surface area contributed by atoms with Crippen molar-refractivity contribution in [3.05, 3.63) is 0 Å². The van der Waals surface area contributed by atoms with E-state index in [1.165, 1.54) is 0 Å². The summed E-state index contributed by atoms with van der Waals surface area (Å²) in [6.07, 6.45) is 0. The highest BCUT2D eigenvalue weighted by atomic mass is 16.2. The highest BCUT2D eigenvalue weighted by Crippen LogP contribution is 2.02. The molecule has 3 N–H and O–H groups in total. The standard InChI is InChI=1S/C9H19N3O2/c1-6(9(14)11-3)5-12(4)7(2)8(10)13/h6-7H,5H2,1-4H3,(H2,10,13)(H,11,14). The van der Waals surface area contributed by atoms with Gasteiger partial charge < -0.3 is 11.1 Å². The molecular weight excluding hydrogens is 182 g/mol. The van der Waals surface area contributed by atoms with Crippen molar-refractivity contribution in [1.82, 2.24) is 10.2 Å². The molecule has 0 aliphatic rings. The van der Waals surface area contributed by atoms with Crippen LogP contribution >= 0.6 is 0 Å². The lowest BCUT2D eigenvalue weighted by Crippen LogP contribution is -2.44. The number of nitrogens with two attached hydrogens (primary N) is 1. The number of nitrogens with one attached hydrogen (secondary N) is 1. The molecule has 0 heterocycles. The van der Waals surface area contributed by atoms with Crippen LogP contribution in [0.3, 0.4) is 0 Å². The summed E-state index contributed by atoms with van der Waals surface area (Å²) < 4.78 is 0. The van der Waals surface area contributed by atoms with Crippen molar-refractivity contribution in [2.24, 2.45) is 11.7 Å². The predicted octanol–water partition coefficient (Wildman–Crippen LogP) is -0.826. The summed E-state index contributed by atoms with van der Waals surface area (Å²) >= 11 is 0. The van der Waals surface area contributed by atoms with Crippen LogP contribution < -0.4 is 11.1 Å². The summed E-state index contributed by atoms with van der Waals surface area (Å²) in [7, 11) is 3.37. The minimum atomic E-state index is -0.378. The lowest BCUT2D eigenvalue weighted by atomic mass is 10.1. The fraction of sp³-hybridized carbons (Fsp3) is 0.778. The van der Waals surface area contributed by atoms with Gasteiger partial charge in [-0.1, -0.05) is 6.92 Å². The molecule has 0 aromatic rings. The molecule has 0 aliphatic heterocycles. The maximum Gasteiger partial charge on any atom is 0.234 e. The van der Waals surface area contributed by atoms with Gasteiger partial charge in [0.05, 0.1) is 6.04 Å². The van der Waals surface area contributed by atoms with E-state index in [9.17, 15) is 9.59 Å². The van der Waals surface area contributed by atoms with Crippen molar-refractivity contribution in [3.8, 4) is 0 Å². The number of rotatable bonds is 5. The first-order valence-corrected chi connectivity index (χ1v) is 4.61. The van der Waals surface area contributed by atoms with Gasteiger partial charge in [-0.25, -0.2) is 0 Å². The van der Waals surface area contributed by atoms with Crippen LogP contribution in [0, 0.1) is 5.92 Å². The van der Waals surface area contributed by atoms with E-state index in [1.807, 2.05) is 6.92 Å². The van der Waals surface area contributed by atoms with Crippen LogP contribution in [0.4, 0.5) is 0 Å². The van der Waals surface area contributed by atoms with Crippen LogP contribution in [-0.2, 0) is 9.59 Å². The lowest BCUT2D eigenvalue weighted by molar-refractivity contribution is -0.127. The van der Waals surface area contributed by atoms with E-state index in [2.05, 4.69) is 5.32 Å². The molecule has 5 nitrogen and oxygen atoms in total. The summed E-state index contributed by atoms with van der Waals surface area (Å²) in [6, 6.07) is -0.345. The third kappa shape index (κ3) is 3.74. The second-order valence-corrected chi connectivity index (χ2v) is 3.53. The molecule has 5 heteroatoms. The smallest absolute Gasteiger partial charge is 0.234 e. The monoisotopic (exact) mass is 201 g/mol. The Morgan fingerprint density at radius 1 is 1.43 bits per heavy atom. The average Bonchev–Trinajstić information content (AvgIpc) is 2.14. The molecule has 82 valence electrons. The Hall–Kier alpha value is -1.10. The van der Waals surface area contributed by atoms with Crippen LogP contribution in [-0.4, -0.2) is 43.4 Å². The van der Waals surface area contributed by atoms with E-state index in [1.54, 1.807) is 25.9 Å². The number of hydrogen-bond donors (Lipinski definition) is 2. The Kier molecular flexibility index (Phi) is 5.15. The summed E-state index contributed by atoms with van der Waals surface area (Å²) in [5.74, 6) is -0.558. The first kappa shape index (κ1) is 12.9. The van der Waals surface area contributed by atoms with Crippen molar-refractivity contribution in [2.75, 3.05) is 20.6 Å². The molecule has 0 fully saturated rings. The molecule has 2 atom stereocenters. The molecule has 0 aromatic carbocycles. The third-order valence-electron chi connectivity index (χ3n) is 2.33. The summed E-state index contributed by atoms with van der Waals surface area (Å²) in [6.45, 7) is 4.05. The fourth-order valence-electron chi connectivity index (χ4n) is 1.14. The zero-order valence-electron chi connectivity index (χ0n) is 9.20. The summed E-state index contributed by atoms with van der Waals surface area (Å²) in [5, 5.41) is 2.56. The fourth-order valence-corrected chi connectivity index (χ4v) is 1.14. The highest BCUT2D eigenvalue weighted by molar-refractivity contribution is 5.80. The number of amides is 2. The third-order valence-corrected chi connectivity index (χ3v) is 2.33. The number of hydrogen-bond acceptors (Lipinski definition) is 3. The maximum absolute atomic E-state index is 11.2. The molecule has 0 spiro atoms. The van der Waals surface area contributed by atoms with E-state index in [-0.39, 0.29) is 23.8 Å². The van der Waals surface area contributed by atoms with E-state index < -0.39 is 0 Å². The second-order valence-electron chi connectivity index (χ2n) is 3.53. The Morgan fingerprint density at radius 2 is 1.93 bits per heavy atom. The molecule has 2 amide bonds. The normalized spacial score (nSPS) is 14.9. The van der Waals surface area contributed by atoms with Gasteiger partial charge in [0.15, 0.2) is 0 Å². The topological polar surface area (TPSA) is 75.4 Å². The molecule has 0 aromatic heterocycles. The van der Waals surface area contributed by atoms with Crippen LogP contribution in [0.1, 0.15) is 13.8 Å². The van der Waals surface area contributed by atoms with Gasteiger partial charge in [-0.2, -0.15) is 0 Å². The van der Waals surface area contributed by atoms with Crippen molar-refractivity contribution in [2.45, 2.75) is 19.9 Å². The highest BCUT2D eigenvalue weighted by Gasteiger charge is 2.19. The molecule has 0 saturated heterocycles. The van der Waals surface area contributed by atoms with Crippen LogP contribution in [0.25, 0.3) is 0 Å². The molecule has 14 heavy (non-hydrogen) atoms.